The van der Waals surface area contributed by atoms with Gasteiger partial charge in [0.05, 0.1) is 0 Å². The van der Waals surface area contributed by atoms with E-state index in [9.17, 15) is 0 Å². The Morgan fingerprint density at radius 2 is 1.71 bits per heavy atom. The molecule has 0 aromatic heterocycles. The van der Waals surface area contributed by atoms with Gasteiger partial charge in [-0.05, 0) is 42.7 Å². The van der Waals surface area contributed by atoms with Gasteiger partial charge in [-0.2, -0.15) is 0 Å². The number of anilines is 1. The van der Waals surface area contributed by atoms with E-state index in [4.69, 9.17) is 0 Å². The fraction of sp³-hybridized carbons (Fsp3) is 0.333. The van der Waals surface area contributed by atoms with Crippen LogP contribution in [0.1, 0.15) is 31.2 Å². The summed E-state index contributed by atoms with van der Waals surface area (Å²) < 4.78 is 1.13. The van der Waals surface area contributed by atoms with Crippen molar-refractivity contribution in [3.8, 4) is 0 Å². The number of nitrogens with one attached hydrogen (secondary N) is 1. The van der Waals surface area contributed by atoms with Crippen LogP contribution in [-0.4, -0.2) is 5.25 Å². The van der Waals surface area contributed by atoms with E-state index in [1.54, 1.807) is 0 Å². The molecule has 3 heteroatoms. The molecule has 0 radical (unpaired) electrons. The summed E-state index contributed by atoms with van der Waals surface area (Å²) in [6, 6.07) is 17.2. The van der Waals surface area contributed by atoms with Crippen molar-refractivity contribution in [1.29, 1.82) is 0 Å². The fourth-order valence-corrected chi connectivity index (χ4v) is 4.32. The van der Waals surface area contributed by atoms with Gasteiger partial charge in [-0.1, -0.05) is 53.0 Å². The van der Waals surface area contributed by atoms with Crippen molar-refractivity contribution in [1.82, 2.24) is 0 Å². The van der Waals surface area contributed by atoms with Crippen LogP contribution in [0.25, 0.3) is 0 Å². The summed E-state index contributed by atoms with van der Waals surface area (Å²) in [5.74, 6) is 0. The Kier molecular flexibility index (Phi) is 5.26. The summed E-state index contributed by atoms with van der Waals surface area (Å²) in [7, 11) is 0. The van der Waals surface area contributed by atoms with Crippen molar-refractivity contribution in [2.75, 3.05) is 5.32 Å². The predicted molar refractivity (Wildman–Crippen MR) is 96.0 cm³/mol. The van der Waals surface area contributed by atoms with Crippen LogP contribution in [0.15, 0.2) is 57.9 Å². The van der Waals surface area contributed by atoms with Crippen LogP contribution < -0.4 is 5.32 Å². The van der Waals surface area contributed by atoms with Crippen molar-refractivity contribution < 1.29 is 0 Å². The number of hydrogen-bond acceptors (Lipinski definition) is 2. The van der Waals surface area contributed by atoms with Crippen LogP contribution in [0.3, 0.4) is 0 Å². The van der Waals surface area contributed by atoms with E-state index >= 15 is 0 Å². The number of halogens is 1. The number of hydrogen-bond donors (Lipinski definition) is 1. The number of benzene rings is 2. The average Bonchev–Trinajstić information content (AvgIpc) is 3.01. The summed E-state index contributed by atoms with van der Waals surface area (Å²) in [4.78, 5) is 1.39. The minimum absolute atomic E-state index is 0.806. The Morgan fingerprint density at radius 1 is 1.00 bits per heavy atom. The molecule has 3 rings (SSSR count). The molecule has 21 heavy (non-hydrogen) atoms. The first-order valence-corrected chi connectivity index (χ1v) is 9.22. The molecule has 1 aliphatic rings. The number of para-hydroxylation sites is 1. The lowest BCUT2D eigenvalue weighted by molar-refractivity contribution is 0.886. The highest BCUT2D eigenvalue weighted by Gasteiger charge is 2.17. The summed E-state index contributed by atoms with van der Waals surface area (Å²) in [6.07, 6.45) is 5.52. The molecular weight excluding hydrogens is 342 g/mol. The van der Waals surface area contributed by atoms with Gasteiger partial charge in [0, 0.05) is 26.9 Å². The van der Waals surface area contributed by atoms with E-state index in [1.807, 2.05) is 11.8 Å². The van der Waals surface area contributed by atoms with Gasteiger partial charge in [0.1, 0.15) is 0 Å². The highest BCUT2D eigenvalue weighted by molar-refractivity contribution is 9.10. The van der Waals surface area contributed by atoms with Crippen LogP contribution in [-0.2, 0) is 6.54 Å². The summed E-state index contributed by atoms with van der Waals surface area (Å²) >= 11 is 5.52. The third-order valence-corrected chi connectivity index (χ3v) is 5.82. The highest BCUT2D eigenvalue weighted by Crippen LogP contribution is 2.38. The minimum atomic E-state index is 0.806. The van der Waals surface area contributed by atoms with Crippen molar-refractivity contribution >= 4 is 33.4 Å². The zero-order chi connectivity index (χ0) is 14.5. The lowest BCUT2D eigenvalue weighted by Gasteiger charge is -2.15. The van der Waals surface area contributed by atoms with E-state index in [0.717, 1.165) is 16.3 Å². The number of thioether (sulfide) groups is 1. The molecular formula is C18H20BrNS. The molecule has 2 aromatic rings. The second-order valence-corrected chi connectivity index (χ2v) is 7.76. The largest absolute Gasteiger partial charge is 0.380 e. The van der Waals surface area contributed by atoms with Crippen LogP contribution in [0, 0.1) is 0 Å². The van der Waals surface area contributed by atoms with Gasteiger partial charge in [-0.3, -0.25) is 0 Å². The molecule has 110 valence electrons. The van der Waals surface area contributed by atoms with Gasteiger partial charge < -0.3 is 5.32 Å². The molecule has 1 saturated carbocycles. The maximum Gasteiger partial charge on any atom is 0.0481 e. The Hall–Kier alpha value is -0.930. The van der Waals surface area contributed by atoms with Crippen LogP contribution in [0.5, 0.6) is 0 Å². The van der Waals surface area contributed by atoms with Crippen molar-refractivity contribution in [2.24, 2.45) is 0 Å². The summed E-state index contributed by atoms with van der Waals surface area (Å²) in [5.41, 5.74) is 2.57. The maximum absolute atomic E-state index is 3.59. The molecule has 2 aromatic carbocycles. The lowest BCUT2D eigenvalue weighted by atomic mass is 10.2. The van der Waals surface area contributed by atoms with E-state index in [1.165, 1.54) is 41.8 Å². The molecule has 1 N–H and O–H groups in total. The Morgan fingerprint density at radius 3 is 2.48 bits per heavy atom. The normalized spacial score (nSPS) is 15.3. The molecule has 0 atom stereocenters. The van der Waals surface area contributed by atoms with Gasteiger partial charge in [-0.25, -0.2) is 0 Å². The van der Waals surface area contributed by atoms with Crippen LogP contribution in [0.4, 0.5) is 5.69 Å². The van der Waals surface area contributed by atoms with Gasteiger partial charge in [-0.15, -0.1) is 11.8 Å². The van der Waals surface area contributed by atoms with E-state index in [0.29, 0.717) is 0 Å². The Balaban J connectivity index is 1.65. The first kappa shape index (κ1) is 15.0. The second kappa shape index (κ2) is 7.37. The molecule has 0 saturated heterocycles. The predicted octanol–water partition coefficient (Wildman–Crippen LogP) is 6.10. The minimum Gasteiger partial charge on any atom is -0.380 e. The van der Waals surface area contributed by atoms with E-state index in [-0.39, 0.29) is 0 Å². The van der Waals surface area contributed by atoms with Crippen LogP contribution >= 0.6 is 27.7 Å². The van der Waals surface area contributed by atoms with E-state index in [2.05, 4.69) is 69.8 Å². The molecule has 0 unspecified atom stereocenters. The van der Waals surface area contributed by atoms with Crippen molar-refractivity contribution in [2.45, 2.75) is 42.4 Å². The van der Waals surface area contributed by atoms with E-state index < -0.39 is 0 Å². The monoisotopic (exact) mass is 361 g/mol. The molecule has 1 aliphatic carbocycles. The summed E-state index contributed by atoms with van der Waals surface area (Å²) in [6.45, 7) is 0.871. The molecule has 0 spiro atoms. The molecule has 0 amide bonds. The topological polar surface area (TPSA) is 12.0 Å². The number of rotatable bonds is 5. The van der Waals surface area contributed by atoms with Gasteiger partial charge >= 0.3 is 0 Å². The smallest absolute Gasteiger partial charge is 0.0481 e. The van der Waals surface area contributed by atoms with Gasteiger partial charge in [0.25, 0.3) is 0 Å². The zero-order valence-electron chi connectivity index (χ0n) is 12.0. The lowest BCUT2D eigenvalue weighted by Crippen LogP contribution is -2.02. The average molecular weight is 362 g/mol. The molecule has 0 bridgehead atoms. The standard InChI is InChI=1S/C18H20BrNS/c19-15-11-9-14(10-12-15)13-20-17-7-3-4-8-18(17)21-16-5-1-2-6-16/h3-4,7-12,16,20H,1-2,5-6,13H2. The highest BCUT2D eigenvalue weighted by atomic mass is 79.9. The zero-order valence-corrected chi connectivity index (χ0v) is 14.4. The van der Waals surface area contributed by atoms with Crippen molar-refractivity contribution in [3.05, 3.63) is 58.6 Å². The summed E-state index contributed by atoms with van der Waals surface area (Å²) in [5, 5.41) is 4.39. The second-order valence-electron chi connectivity index (χ2n) is 5.50. The third kappa shape index (κ3) is 4.27. The Labute approximate surface area is 139 Å². The molecule has 1 nitrogen and oxygen atoms in total. The molecule has 0 heterocycles. The quantitative estimate of drug-likeness (QED) is 0.690. The van der Waals surface area contributed by atoms with Crippen LogP contribution in [0.2, 0.25) is 0 Å². The first-order valence-electron chi connectivity index (χ1n) is 7.55. The third-order valence-electron chi connectivity index (χ3n) is 3.88. The van der Waals surface area contributed by atoms with Crippen molar-refractivity contribution in [3.63, 3.8) is 0 Å². The Bertz CT molecular complexity index is 576. The first-order chi connectivity index (χ1) is 10.3. The van der Waals surface area contributed by atoms with Gasteiger partial charge in [0.15, 0.2) is 0 Å². The maximum atomic E-state index is 3.59. The van der Waals surface area contributed by atoms with Gasteiger partial charge in [0.2, 0.25) is 0 Å². The SMILES string of the molecule is Brc1ccc(CNc2ccccc2SC2CCCC2)cc1. The molecule has 1 fully saturated rings. The fourth-order valence-electron chi connectivity index (χ4n) is 2.70. The molecule has 0 aliphatic heterocycles.